The summed E-state index contributed by atoms with van der Waals surface area (Å²) in [6, 6.07) is 15.6. The molecule has 0 fully saturated rings. The minimum absolute atomic E-state index is 0.652. The van der Waals surface area contributed by atoms with Gasteiger partial charge in [0.25, 0.3) is 0 Å². The van der Waals surface area contributed by atoms with E-state index in [4.69, 9.17) is 4.74 Å². The predicted octanol–water partition coefficient (Wildman–Crippen LogP) is 4.12. The van der Waals surface area contributed by atoms with Crippen molar-refractivity contribution in [1.29, 1.82) is 0 Å². The zero-order chi connectivity index (χ0) is 15.8. The van der Waals surface area contributed by atoms with Crippen LogP contribution in [0.1, 0.15) is 42.6 Å². The molecule has 1 atom stereocenters. The highest BCUT2D eigenvalue weighted by atomic mass is 16.5. The number of rotatable bonds is 5. The van der Waals surface area contributed by atoms with Crippen molar-refractivity contribution >= 4 is 0 Å². The fourth-order valence-corrected chi connectivity index (χ4v) is 2.26. The van der Waals surface area contributed by atoms with Gasteiger partial charge >= 0.3 is 0 Å². The maximum Gasteiger partial charge on any atom is 0.144 e. The average Bonchev–Trinajstić information content (AvgIpc) is 2.58. The van der Waals surface area contributed by atoms with Crippen LogP contribution >= 0.6 is 0 Å². The van der Waals surface area contributed by atoms with E-state index in [1.807, 2.05) is 36.4 Å². The molecule has 114 valence electrons. The maximum absolute atomic E-state index is 10.2. The van der Waals surface area contributed by atoms with Gasteiger partial charge in [0.1, 0.15) is 11.9 Å². The largest absolute Gasteiger partial charge is 0.496 e. The van der Waals surface area contributed by atoms with Crippen LogP contribution in [0.15, 0.2) is 48.5 Å². The minimum atomic E-state index is -0.851. The molecular weight excluding hydrogens is 272 g/mol. The van der Waals surface area contributed by atoms with E-state index >= 15 is 0 Å². The molecule has 0 radical (unpaired) electrons. The van der Waals surface area contributed by atoms with Crippen molar-refractivity contribution in [3.63, 3.8) is 0 Å². The van der Waals surface area contributed by atoms with E-state index in [2.05, 4.69) is 30.9 Å². The summed E-state index contributed by atoms with van der Waals surface area (Å²) in [5.41, 5.74) is 2.93. The van der Waals surface area contributed by atoms with Crippen LogP contribution < -0.4 is 4.74 Å². The van der Waals surface area contributed by atoms with Gasteiger partial charge < -0.3 is 9.84 Å². The summed E-state index contributed by atoms with van der Waals surface area (Å²) in [6.07, 6.45) is 2.66. The Morgan fingerprint density at radius 3 is 2.50 bits per heavy atom. The van der Waals surface area contributed by atoms with Gasteiger partial charge in [-0.25, -0.2) is 0 Å². The van der Waals surface area contributed by atoms with Gasteiger partial charge in [0.2, 0.25) is 0 Å². The van der Waals surface area contributed by atoms with Crippen LogP contribution in [0.2, 0.25) is 0 Å². The van der Waals surface area contributed by atoms with Crippen LogP contribution in [0.5, 0.6) is 5.75 Å². The highest BCUT2D eigenvalue weighted by Crippen LogP contribution is 2.24. The molecule has 2 aromatic carbocycles. The maximum atomic E-state index is 10.2. The third-order valence-electron chi connectivity index (χ3n) is 3.56. The van der Waals surface area contributed by atoms with Crippen LogP contribution in [-0.2, 0) is 6.42 Å². The second-order valence-corrected chi connectivity index (χ2v) is 5.21. The Bertz CT molecular complexity index is 647. The number of unbranched alkanes of at least 4 members (excludes halogenated alkanes) is 1. The number of benzene rings is 2. The Hall–Kier alpha value is -2.24. The molecule has 2 aromatic rings. The van der Waals surface area contributed by atoms with E-state index in [0.29, 0.717) is 11.3 Å². The highest BCUT2D eigenvalue weighted by molar-refractivity contribution is 5.42. The second kappa shape index (κ2) is 8.26. The topological polar surface area (TPSA) is 29.5 Å². The molecule has 0 aliphatic rings. The molecule has 2 rings (SSSR count). The summed E-state index contributed by atoms with van der Waals surface area (Å²) in [6.45, 7) is 2.19. The first-order valence-corrected chi connectivity index (χ1v) is 7.66. The molecule has 0 aliphatic carbocycles. The van der Waals surface area contributed by atoms with Crippen LogP contribution in [-0.4, -0.2) is 12.2 Å². The van der Waals surface area contributed by atoms with E-state index in [-0.39, 0.29) is 0 Å². The number of hydrogen-bond donors (Lipinski definition) is 1. The molecule has 22 heavy (non-hydrogen) atoms. The van der Waals surface area contributed by atoms with Gasteiger partial charge in [-0.2, -0.15) is 0 Å². The van der Waals surface area contributed by atoms with Crippen LogP contribution in [0, 0.1) is 11.8 Å². The third-order valence-corrected chi connectivity index (χ3v) is 3.56. The number of aliphatic hydroxyl groups excluding tert-OH is 1. The van der Waals surface area contributed by atoms with E-state index in [0.717, 1.165) is 12.0 Å². The average molecular weight is 294 g/mol. The van der Waals surface area contributed by atoms with Crippen LogP contribution in [0.25, 0.3) is 0 Å². The van der Waals surface area contributed by atoms with E-state index in [1.54, 1.807) is 7.11 Å². The van der Waals surface area contributed by atoms with Gasteiger partial charge in [0, 0.05) is 11.1 Å². The molecule has 0 heterocycles. The van der Waals surface area contributed by atoms with Crippen molar-refractivity contribution in [1.82, 2.24) is 0 Å². The quantitative estimate of drug-likeness (QED) is 0.840. The second-order valence-electron chi connectivity index (χ2n) is 5.21. The fraction of sp³-hybridized carbons (Fsp3) is 0.300. The first-order valence-electron chi connectivity index (χ1n) is 7.66. The normalized spacial score (nSPS) is 11.4. The lowest BCUT2D eigenvalue weighted by molar-refractivity contribution is 0.232. The molecule has 0 saturated heterocycles. The summed E-state index contributed by atoms with van der Waals surface area (Å²) in [5.74, 6) is 6.55. The van der Waals surface area contributed by atoms with Gasteiger partial charge in [-0.15, -0.1) is 0 Å². The van der Waals surface area contributed by atoms with Gasteiger partial charge in [0.15, 0.2) is 0 Å². The third kappa shape index (κ3) is 4.38. The SMILES string of the molecule is CCCCc1ccc(C#CC(O)c2ccccc2OC)cc1. The molecule has 2 heteroatoms. The highest BCUT2D eigenvalue weighted by Gasteiger charge is 2.09. The van der Waals surface area contributed by atoms with Gasteiger partial charge in [0.05, 0.1) is 7.11 Å². The lowest BCUT2D eigenvalue weighted by atomic mass is 10.1. The number of hydrogen-bond acceptors (Lipinski definition) is 2. The monoisotopic (exact) mass is 294 g/mol. The van der Waals surface area contributed by atoms with Gasteiger partial charge in [-0.1, -0.05) is 55.5 Å². The number of ether oxygens (including phenoxy) is 1. The van der Waals surface area contributed by atoms with Crippen molar-refractivity contribution in [3.05, 3.63) is 65.2 Å². The Morgan fingerprint density at radius 2 is 1.82 bits per heavy atom. The first-order chi connectivity index (χ1) is 10.7. The molecule has 0 saturated carbocycles. The molecule has 1 unspecified atom stereocenters. The predicted molar refractivity (Wildman–Crippen MR) is 89.9 cm³/mol. The van der Waals surface area contributed by atoms with Gasteiger partial charge in [-0.05, 0) is 36.6 Å². The fourth-order valence-electron chi connectivity index (χ4n) is 2.26. The molecule has 0 aliphatic heterocycles. The van der Waals surface area contributed by atoms with Crippen molar-refractivity contribution in [3.8, 4) is 17.6 Å². The summed E-state index contributed by atoms with van der Waals surface area (Å²) in [5, 5.41) is 10.2. The molecular formula is C20H22O2. The lowest BCUT2D eigenvalue weighted by Gasteiger charge is -2.09. The molecule has 0 amide bonds. The molecule has 2 nitrogen and oxygen atoms in total. The lowest BCUT2D eigenvalue weighted by Crippen LogP contribution is -1.97. The Labute approximate surface area is 132 Å². The first kappa shape index (κ1) is 16.1. The summed E-state index contributed by atoms with van der Waals surface area (Å²) >= 11 is 0. The van der Waals surface area contributed by atoms with E-state index in [1.165, 1.54) is 18.4 Å². The number of methoxy groups -OCH3 is 1. The van der Waals surface area contributed by atoms with E-state index < -0.39 is 6.10 Å². The smallest absolute Gasteiger partial charge is 0.144 e. The van der Waals surface area contributed by atoms with Crippen LogP contribution in [0.3, 0.4) is 0 Å². The molecule has 1 N–H and O–H groups in total. The molecule has 0 aromatic heterocycles. The summed E-state index contributed by atoms with van der Waals surface area (Å²) in [7, 11) is 1.59. The Balaban J connectivity index is 2.09. The van der Waals surface area contributed by atoms with Crippen molar-refractivity contribution < 1.29 is 9.84 Å². The minimum Gasteiger partial charge on any atom is -0.496 e. The Kier molecular flexibility index (Phi) is 6.06. The number of aliphatic hydroxyl groups is 1. The number of aryl methyl sites for hydroxylation is 1. The van der Waals surface area contributed by atoms with Crippen LogP contribution in [0.4, 0.5) is 0 Å². The van der Waals surface area contributed by atoms with Crippen molar-refractivity contribution in [2.45, 2.75) is 32.3 Å². The van der Waals surface area contributed by atoms with Crippen molar-refractivity contribution in [2.24, 2.45) is 0 Å². The zero-order valence-corrected chi connectivity index (χ0v) is 13.2. The standard InChI is InChI=1S/C20H22O2/c1-3-4-7-16-10-12-17(13-11-16)14-15-19(21)18-8-5-6-9-20(18)22-2/h5-6,8-13,19,21H,3-4,7H2,1-2H3. The molecule has 0 bridgehead atoms. The summed E-state index contributed by atoms with van der Waals surface area (Å²) in [4.78, 5) is 0. The number of para-hydroxylation sites is 1. The summed E-state index contributed by atoms with van der Waals surface area (Å²) < 4.78 is 5.24. The van der Waals surface area contributed by atoms with Crippen molar-refractivity contribution in [2.75, 3.05) is 7.11 Å². The van der Waals surface area contributed by atoms with Gasteiger partial charge in [-0.3, -0.25) is 0 Å². The Morgan fingerprint density at radius 1 is 1.09 bits per heavy atom. The zero-order valence-electron chi connectivity index (χ0n) is 13.2. The molecule has 0 spiro atoms. The van der Waals surface area contributed by atoms with E-state index in [9.17, 15) is 5.11 Å².